The molecule has 1 amide bonds. The second kappa shape index (κ2) is 11.1. The number of thioether (sulfide) groups is 1. The molecule has 1 fully saturated rings. The first-order valence-corrected chi connectivity index (χ1v) is 13.2. The number of aryl methyl sites for hydroxylation is 1. The highest BCUT2D eigenvalue weighted by molar-refractivity contribution is 8.23. The molecule has 1 saturated carbocycles. The summed E-state index contributed by atoms with van der Waals surface area (Å²) in [6.07, 6.45) is 7.50. The van der Waals surface area contributed by atoms with Crippen molar-refractivity contribution in [2.45, 2.75) is 50.0 Å². The Hall–Kier alpha value is -2.24. The fourth-order valence-electron chi connectivity index (χ4n) is 3.44. The highest BCUT2D eigenvalue weighted by Crippen LogP contribution is 2.24. The second-order valence-electron chi connectivity index (χ2n) is 7.66. The molecule has 8 nitrogen and oxygen atoms in total. The quantitative estimate of drug-likeness (QED) is 0.561. The van der Waals surface area contributed by atoms with Gasteiger partial charge in [-0.1, -0.05) is 43.2 Å². The Labute approximate surface area is 198 Å². The van der Waals surface area contributed by atoms with Gasteiger partial charge in [-0.05, 0) is 50.1 Å². The standard InChI is InChI=1S/C21H27N5O3S3/c1-15-12-13-22-20(23-15)25-32(28,29)18-10-8-16(9-11-18)24-19(27)14-31-21(30)26(2)17-6-4-3-5-7-17/h8-13,17H,3-7,14H2,1-2H3,(H,24,27)(H,22,23,25). The van der Waals surface area contributed by atoms with E-state index >= 15 is 0 Å². The van der Waals surface area contributed by atoms with Crippen molar-refractivity contribution in [2.24, 2.45) is 0 Å². The summed E-state index contributed by atoms with van der Waals surface area (Å²) in [5.74, 6) is 0.00667. The van der Waals surface area contributed by atoms with Crippen LogP contribution >= 0.6 is 24.0 Å². The molecule has 0 spiro atoms. The molecular formula is C21H27N5O3S3. The number of thiocarbonyl (C=S) groups is 1. The van der Waals surface area contributed by atoms with Gasteiger partial charge in [0, 0.05) is 30.7 Å². The molecule has 2 N–H and O–H groups in total. The molecule has 1 aliphatic rings. The van der Waals surface area contributed by atoms with E-state index in [9.17, 15) is 13.2 Å². The van der Waals surface area contributed by atoms with Gasteiger partial charge in [0.2, 0.25) is 11.9 Å². The summed E-state index contributed by atoms with van der Waals surface area (Å²) in [4.78, 5) is 22.4. The van der Waals surface area contributed by atoms with E-state index in [0.29, 0.717) is 17.4 Å². The Morgan fingerprint density at radius 3 is 2.53 bits per heavy atom. The lowest BCUT2D eigenvalue weighted by atomic mass is 9.95. The van der Waals surface area contributed by atoms with Gasteiger partial charge in [-0.2, -0.15) is 0 Å². The average Bonchev–Trinajstić information content (AvgIpc) is 2.77. The number of carbonyl (C=O) groups is 1. The maximum Gasteiger partial charge on any atom is 0.264 e. The number of hydrogen-bond acceptors (Lipinski definition) is 7. The van der Waals surface area contributed by atoms with Gasteiger partial charge in [0.15, 0.2) is 0 Å². The van der Waals surface area contributed by atoms with Crippen LogP contribution in [0.4, 0.5) is 11.6 Å². The van der Waals surface area contributed by atoms with E-state index in [2.05, 4.69) is 24.9 Å². The van der Waals surface area contributed by atoms with E-state index in [0.717, 1.165) is 17.2 Å². The van der Waals surface area contributed by atoms with Gasteiger partial charge in [-0.25, -0.2) is 23.1 Å². The molecule has 0 unspecified atom stereocenters. The number of nitrogens with one attached hydrogen (secondary N) is 2. The Balaban J connectivity index is 1.51. The first-order valence-electron chi connectivity index (χ1n) is 10.4. The van der Waals surface area contributed by atoms with Crippen LogP contribution in [0.15, 0.2) is 41.4 Å². The normalized spacial score (nSPS) is 14.6. The van der Waals surface area contributed by atoms with Crippen molar-refractivity contribution in [2.75, 3.05) is 22.8 Å². The third-order valence-electron chi connectivity index (χ3n) is 5.21. The molecule has 1 aliphatic carbocycles. The predicted octanol–water partition coefficient (Wildman–Crippen LogP) is 3.81. The molecule has 1 aromatic carbocycles. The first-order chi connectivity index (χ1) is 15.2. The Bertz CT molecular complexity index is 1050. The van der Waals surface area contributed by atoms with Crippen LogP contribution in [0.25, 0.3) is 0 Å². The molecule has 3 rings (SSSR count). The molecule has 1 aromatic heterocycles. The van der Waals surface area contributed by atoms with Gasteiger partial charge < -0.3 is 10.2 Å². The Kier molecular flexibility index (Phi) is 8.44. The van der Waals surface area contributed by atoms with Crippen LogP contribution in [-0.4, -0.2) is 52.4 Å². The lowest BCUT2D eigenvalue weighted by Crippen LogP contribution is -2.36. The lowest BCUT2D eigenvalue weighted by molar-refractivity contribution is -0.113. The fraction of sp³-hybridized carbons (Fsp3) is 0.429. The van der Waals surface area contributed by atoms with Crippen LogP contribution < -0.4 is 10.0 Å². The molecular weight excluding hydrogens is 466 g/mol. The summed E-state index contributed by atoms with van der Waals surface area (Å²) in [6, 6.07) is 8.06. The number of benzene rings is 1. The minimum atomic E-state index is -3.83. The summed E-state index contributed by atoms with van der Waals surface area (Å²) in [7, 11) is -1.83. The molecule has 32 heavy (non-hydrogen) atoms. The summed E-state index contributed by atoms with van der Waals surface area (Å²) in [5, 5.41) is 2.77. The molecule has 0 radical (unpaired) electrons. The lowest BCUT2D eigenvalue weighted by Gasteiger charge is -2.32. The topological polar surface area (TPSA) is 104 Å². The van der Waals surface area contributed by atoms with Crippen molar-refractivity contribution < 1.29 is 13.2 Å². The fourth-order valence-corrected chi connectivity index (χ4v) is 5.39. The number of nitrogens with zero attached hydrogens (tertiary/aromatic N) is 3. The predicted molar refractivity (Wildman–Crippen MR) is 132 cm³/mol. The van der Waals surface area contributed by atoms with Crippen molar-refractivity contribution >= 4 is 55.9 Å². The van der Waals surface area contributed by atoms with E-state index in [1.54, 1.807) is 25.1 Å². The number of rotatable bonds is 7. The number of hydrogen-bond donors (Lipinski definition) is 2. The van der Waals surface area contributed by atoms with Crippen LogP contribution in [0, 0.1) is 6.92 Å². The maximum absolute atomic E-state index is 12.5. The largest absolute Gasteiger partial charge is 0.358 e. The van der Waals surface area contributed by atoms with E-state index in [-0.39, 0.29) is 22.5 Å². The van der Waals surface area contributed by atoms with E-state index in [1.165, 1.54) is 49.4 Å². The van der Waals surface area contributed by atoms with Crippen LogP contribution in [0.1, 0.15) is 37.8 Å². The minimum Gasteiger partial charge on any atom is -0.358 e. The number of anilines is 2. The second-order valence-corrected chi connectivity index (χ2v) is 10.9. The van der Waals surface area contributed by atoms with Crippen molar-refractivity contribution in [3.8, 4) is 0 Å². The summed E-state index contributed by atoms with van der Waals surface area (Å²) in [6.45, 7) is 1.75. The highest BCUT2D eigenvalue weighted by Gasteiger charge is 2.21. The maximum atomic E-state index is 12.5. The number of carbonyl (C=O) groups excluding carboxylic acids is 1. The van der Waals surface area contributed by atoms with Crippen LogP contribution in [-0.2, 0) is 14.8 Å². The zero-order valence-corrected chi connectivity index (χ0v) is 20.5. The molecule has 0 atom stereocenters. The summed E-state index contributed by atoms with van der Waals surface area (Å²) >= 11 is 6.83. The van der Waals surface area contributed by atoms with E-state index in [4.69, 9.17) is 12.2 Å². The Morgan fingerprint density at radius 2 is 1.88 bits per heavy atom. The number of sulfonamides is 1. The van der Waals surface area contributed by atoms with E-state index in [1.807, 2.05) is 7.05 Å². The molecule has 2 aromatic rings. The third kappa shape index (κ3) is 6.88. The van der Waals surface area contributed by atoms with Gasteiger partial charge >= 0.3 is 0 Å². The van der Waals surface area contributed by atoms with Crippen molar-refractivity contribution in [1.82, 2.24) is 14.9 Å². The van der Waals surface area contributed by atoms with Crippen LogP contribution in [0.3, 0.4) is 0 Å². The molecule has 0 saturated heterocycles. The van der Waals surface area contributed by atoms with Gasteiger partial charge in [0.05, 0.1) is 10.6 Å². The number of amides is 1. The molecule has 172 valence electrons. The number of aromatic nitrogens is 2. The van der Waals surface area contributed by atoms with Gasteiger partial charge in [0.1, 0.15) is 4.32 Å². The van der Waals surface area contributed by atoms with Gasteiger partial charge in [-0.3, -0.25) is 4.79 Å². The van der Waals surface area contributed by atoms with Gasteiger partial charge in [-0.15, -0.1) is 0 Å². The minimum absolute atomic E-state index is 0.00793. The molecule has 1 heterocycles. The monoisotopic (exact) mass is 493 g/mol. The van der Waals surface area contributed by atoms with Crippen LogP contribution in [0.2, 0.25) is 0 Å². The zero-order chi connectivity index (χ0) is 23.1. The molecule has 0 aliphatic heterocycles. The van der Waals surface area contributed by atoms with Gasteiger partial charge in [0.25, 0.3) is 10.0 Å². The first kappa shape index (κ1) is 24.4. The van der Waals surface area contributed by atoms with E-state index < -0.39 is 10.0 Å². The molecule has 0 bridgehead atoms. The van der Waals surface area contributed by atoms with Crippen molar-refractivity contribution in [3.63, 3.8) is 0 Å². The zero-order valence-electron chi connectivity index (χ0n) is 18.1. The smallest absolute Gasteiger partial charge is 0.264 e. The van der Waals surface area contributed by atoms with Crippen LogP contribution in [0.5, 0.6) is 0 Å². The Morgan fingerprint density at radius 1 is 1.19 bits per heavy atom. The molecule has 11 heteroatoms. The third-order valence-corrected chi connectivity index (χ3v) is 8.13. The van der Waals surface area contributed by atoms with Crippen molar-refractivity contribution in [3.05, 3.63) is 42.2 Å². The highest BCUT2D eigenvalue weighted by atomic mass is 32.2. The summed E-state index contributed by atoms with van der Waals surface area (Å²) < 4.78 is 28.1. The average molecular weight is 494 g/mol. The summed E-state index contributed by atoms with van der Waals surface area (Å²) in [5.41, 5.74) is 1.16. The van der Waals surface area contributed by atoms with Crippen molar-refractivity contribution in [1.29, 1.82) is 0 Å². The SMILES string of the molecule is Cc1ccnc(NS(=O)(=O)c2ccc(NC(=O)CSC(=S)N(C)C3CCCCC3)cc2)n1.